The van der Waals surface area contributed by atoms with Gasteiger partial charge in [0.25, 0.3) is 5.91 Å². The molecule has 0 aromatic heterocycles. The summed E-state index contributed by atoms with van der Waals surface area (Å²) >= 11 is 0. The smallest absolute Gasteiger partial charge is 0.253 e. The van der Waals surface area contributed by atoms with Crippen LogP contribution in [0, 0.1) is 0 Å². The standard InChI is InChI=1S/C28H25N2OP/c1-2-22-29-28(31)26-20-12-13-21-27(26)30-32(23-14-6-3-7-15-23,24-16-8-4-9-17-24)25-18-10-5-11-19-25/h2-21H,1,22H2,(H,29,31). The summed E-state index contributed by atoms with van der Waals surface area (Å²) in [6.07, 6.45) is 1.67. The average molecular weight is 436 g/mol. The van der Waals surface area contributed by atoms with Gasteiger partial charge in [0.05, 0.1) is 18.3 Å². The first-order valence-corrected chi connectivity index (χ1v) is 12.3. The highest BCUT2D eigenvalue weighted by Gasteiger charge is 2.28. The van der Waals surface area contributed by atoms with Crippen molar-refractivity contribution in [3.05, 3.63) is 133 Å². The van der Waals surface area contributed by atoms with Gasteiger partial charge in [-0.25, -0.2) is 0 Å². The molecule has 0 bridgehead atoms. The maximum absolute atomic E-state index is 12.9. The molecule has 4 heteroatoms. The number of carbonyl (C=O) groups excluding carboxylic acids is 1. The number of hydrogen-bond acceptors (Lipinski definition) is 2. The molecule has 32 heavy (non-hydrogen) atoms. The minimum Gasteiger partial charge on any atom is -0.349 e. The molecule has 0 saturated carbocycles. The molecule has 0 aliphatic heterocycles. The van der Waals surface area contributed by atoms with E-state index in [0.717, 1.165) is 15.9 Å². The maximum atomic E-state index is 12.9. The zero-order chi connectivity index (χ0) is 22.2. The summed E-state index contributed by atoms with van der Waals surface area (Å²) in [5, 5.41) is 6.30. The third-order valence-corrected chi connectivity index (χ3v) is 8.85. The van der Waals surface area contributed by atoms with Crippen LogP contribution in [0.3, 0.4) is 0 Å². The summed E-state index contributed by atoms with van der Waals surface area (Å²) in [5.41, 5.74) is 1.24. The molecule has 0 aliphatic rings. The molecule has 0 saturated heterocycles. The first-order valence-electron chi connectivity index (χ1n) is 10.5. The second-order valence-corrected chi connectivity index (χ2v) is 10.3. The number of nitrogens with one attached hydrogen (secondary N) is 1. The van der Waals surface area contributed by atoms with Crippen molar-refractivity contribution < 1.29 is 4.79 Å². The fourth-order valence-corrected chi connectivity index (χ4v) is 7.28. The van der Waals surface area contributed by atoms with Crippen LogP contribution >= 0.6 is 7.05 Å². The van der Waals surface area contributed by atoms with Crippen LogP contribution in [0.4, 0.5) is 5.69 Å². The molecule has 4 aromatic carbocycles. The molecule has 0 atom stereocenters. The predicted molar refractivity (Wildman–Crippen MR) is 136 cm³/mol. The van der Waals surface area contributed by atoms with Gasteiger partial charge in [0.1, 0.15) is 0 Å². The second kappa shape index (κ2) is 10.1. The third kappa shape index (κ3) is 4.34. The fraction of sp³-hybridized carbons (Fsp3) is 0.0357. The Morgan fingerprint density at radius 2 is 1.16 bits per heavy atom. The number of amides is 1. The Labute approximate surface area is 189 Å². The molecule has 1 N–H and O–H groups in total. The van der Waals surface area contributed by atoms with Gasteiger partial charge < -0.3 is 5.32 Å². The second-order valence-electron chi connectivity index (χ2n) is 7.26. The Balaban J connectivity index is 2.07. The van der Waals surface area contributed by atoms with Gasteiger partial charge in [-0.1, -0.05) is 109 Å². The molecular weight excluding hydrogens is 411 g/mol. The fourth-order valence-electron chi connectivity index (χ4n) is 3.73. The van der Waals surface area contributed by atoms with Crippen molar-refractivity contribution >= 4 is 34.6 Å². The topological polar surface area (TPSA) is 41.5 Å². The molecule has 158 valence electrons. The molecule has 0 unspecified atom stereocenters. The van der Waals surface area contributed by atoms with Crippen molar-refractivity contribution in [2.24, 2.45) is 4.74 Å². The quantitative estimate of drug-likeness (QED) is 0.305. The van der Waals surface area contributed by atoms with E-state index in [4.69, 9.17) is 4.74 Å². The Morgan fingerprint density at radius 1 is 0.719 bits per heavy atom. The van der Waals surface area contributed by atoms with Gasteiger partial charge in [0.15, 0.2) is 0 Å². The van der Waals surface area contributed by atoms with Crippen molar-refractivity contribution in [1.82, 2.24) is 5.32 Å². The predicted octanol–water partition coefficient (Wildman–Crippen LogP) is 5.41. The summed E-state index contributed by atoms with van der Waals surface area (Å²) in [7, 11) is -2.44. The highest BCUT2D eigenvalue weighted by molar-refractivity contribution is 7.87. The number of benzene rings is 4. The monoisotopic (exact) mass is 436 g/mol. The van der Waals surface area contributed by atoms with Crippen LogP contribution in [0.1, 0.15) is 10.4 Å². The zero-order valence-corrected chi connectivity index (χ0v) is 18.7. The van der Waals surface area contributed by atoms with E-state index >= 15 is 0 Å². The van der Waals surface area contributed by atoms with Crippen molar-refractivity contribution in [3.63, 3.8) is 0 Å². The van der Waals surface area contributed by atoms with Crippen LogP contribution in [0.15, 0.2) is 133 Å². The summed E-state index contributed by atoms with van der Waals surface area (Å²) < 4.78 is 5.45. The van der Waals surface area contributed by atoms with E-state index in [9.17, 15) is 4.79 Å². The molecule has 4 aromatic rings. The van der Waals surface area contributed by atoms with Crippen LogP contribution in [-0.2, 0) is 0 Å². The van der Waals surface area contributed by atoms with Gasteiger partial charge in [0.2, 0.25) is 0 Å². The molecule has 0 radical (unpaired) electrons. The first kappa shape index (κ1) is 21.5. The minimum atomic E-state index is -2.44. The number of carbonyl (C=O) groups is 1. The lowest BCUT2D eigenvalue weighted by Crippen LogP contribution is -2.26. The van der Waals surface area contributed by atoms with E-state index < -0.39 is 7.05 Å². The maximum Gasteiger partial charge on any atom is 0.253 e. The van der Waals surface area contributed by atoms with E-state index in [-0.39, 0.29) is 5.91 Å². The van der Waals surface area contributed by atoms with E-state index in [1.54, 1.807) is 6.08 Å². The van der Waals surface area contributed by atoms with Gasteiger partial charge in [-0.3, -0.25) is 9.54 Å². The summed E-state index contributed by atoms with van der Waals surface area (Å²) in [6, 6.07) is 38.7. The van der Waals surface area contributed by atoms with Crippen molar-refractivity contribution in [2.45, 2.75) is 0 Å². The Kier molecular flexibility index (Phi) is 6.79. The van der Waals surface area contributed by atoms with Gasteiger partial charge in [-0.15, -0.1) is 6.58 Å². The summed E-state index contributed by atoms with van der Waals surface area (Å²) in [5.74, 6) is -0.156. The SMILES string of the molecule is C=CCNC(=O)c1ccccc1N=P(c1ccccc1)(c1ccccc1)c1ccccc1. The molecular formula is C28H25N2OP. The number of rotatable bonds is 7. The number of nitrogens with zero attached hydrogens (tertiary/aromatic N) is 1. The lowest BCUT2D eigenvalue weighted by atomic mass is 10.1. The van der Waals surface area contributed by atoms with Crippen molar-refractivity contribution in [2.75, 3.05) is 6.54 Å². The Morgan fingerprint density at radius 3 is 1.62 bits per heavy atom. The normalized spacial score (nSPS) is 10.9. The van der Waals surface area contributed by atoms with Gasteiger partial charge in [-0.2, -0.15) is 0 Å². The highest BCUT2D eigenvalue weighted by Crippen LogP contribution is 2.49. The largest absolute Gasteiger partial charge is 0.349 e. The third-order valence-electron chi connectivity index (χ3n) is 5.20. The molecule has 1 amide bonds. The zero-order valence-electron chi connectivity index (χ0n) is 17.8. The van der Waals surface area contributed by atoms with Crippen molar-refractivity contribution in [1.29, 1.82) is 0 Å². The molecule has 4 rings (SSSR count). The first-order chi connectivity index (χ1) is 15.8. The van der Waals surface area contributed by atoms with Crippen LogP contribution in [0.5, 0.6) is 0 Å². The van der Waals surface area contributed by atoms with Gasteiger partial charge >= 0.3 is 0 Å². The number of hydrogen-bond donors (Lipinski definition) is 1. The minimum absolute atomic E-state index is 0.156. The molecule has 0 heterocycles. The van der Waals surface area contributed by atoms with Crippen LogP contribution in [0.2, 0.25) is 0 Å². The van der Waals surface area contributed by atoms with E-state index in [1.165, 1.54) is 0 Å². The summed E-state index contributed by atoms with van der Waals surface area (Å²) in [4.78, 5) is 12.9. The average Bonchev–Trinajstić information content (AvgIpc) is 2.87. The van der Waals surface area contributed by atoms with E-state index in [2.05, 4.69) is 48.3 Å². The highest BCUT2D eigenvalue weighted by atomic mass is 31.2. The Hall–Kier alpha value is -3.68. The molecule has 0 aliphatic carbocycles. The van der Waals surface area contributed by atoms with E-state index in [0.29, 0.717) is 17.8 Å². The molecule has 0 fully saturated rings. The summed E-state index contributed by atoms with van der Waals surface area (Å²) in [6.45, 7) is 4.10. The Bertz CT molecular complexity index is 1150. The van der Waals surface area contributed by atoms with E-state index in [1.807, 2.05) is 78.9 Å². The van der Waals surface area contributed by atoms with Crippen LogP contribution in [0.25, 0.3) is 0 Å². The van der Waals surface area contributed by atoms with Crippen LogP contribution < -0.4 is 21.2 Å². The van der Waals surface area contributed by atoms with Crippen LogP contribution in [-0.4, -0.2) is 12.5 Å². The molecule has 0 spiro atoms. The van der Waals surface area contributed by atoms with Gasteiger partial charge in [-0.05, 0) is 12.1 Å². The van der Waals surface area contributed by atoms with Crippen molar-refractivity contribution in [3.8, 4) is 0 Å². The lowest BCUT2D eigenvalue weighted by Gasteiger charge is -2.27. The lowest BCUT2D eigenvalue weighted by molar-refractivity contribution is 0.0958. The van der Waals surface area contributed by atoms with Gasteiger partial charge in [0, 0.05) is 22.5 Å². The molecule has 3 nitrogen and oxygen atoms in total.